The van der Waals surface area contributed by atoms with E-state index in [1.165, 1.54) is 37.0 Å². The molecule has 2 heterocycles. The topological polar surface area (TPSA) is 34.0 Å². The van der Waals surface area contributed by atoms with Gasteiger partial charge in [-0.05, 0) is 94.2 Å². The molecule has 2 aromatic heterocycles. The molecule has 0 fully saturated rings. The Morgan fingerprint density at radius 2 is 1.55 bits per heavy atom. The summed E-state index contributed by atoms with van der Waals surface area (Å²) in [6.45, 7) is 1.92. The Bertz CT molecular complexity index is 1320. The van der Waals surface area contributed by atoms with Gasteiger partial charge in [-0.15, -0.1) is 0 Å². The third-order valence-electron chi connectivity index (χ3n) is 6.59. The maximum absolute atomic E-state index is 13.7. The molecule has 4 nitrogen and oxygen atoms in total. The number of unbranched alkanes of at least 4 members (excludes halogenated alkanes) is 4. The van der Waals surface area contributed by atoms with Gasteiger partial charge in [0, 0.05) is 36.5 Å². The number of halogens is 1. The highest BCUT2D eigenvalue weighted by atomic mass is 19.1. The van der Waals surface area contributed by atoms with Gasteiger partial charge in [-0.3, -0.25) is 4.98 Å². The predicted octanol–water partition coefficient (Wildman–Crippen LogP) is 7.25. The molecule has 0 bridgehead atoms. The van der Waals surface area contributed by atoms with Crippen LogP contribution in [0.3, 0.4) is 0 Å². The maximum atomic E-state index is 13.7. The molecule has 0 radical (unpaired) electrons. The number of rotatable bonds is 12. The lowest BCUT2D eigenvalue weighted by molar-refractivity contribution is 0.390. The van der Waals surface area contributed by atoms with E-state index in [2.05, 4.69) is 64.7 Å². The monoisotopic (exact) mass is 508 g/mol. The molecule has 0 unspecified atom stereocenters. The summed E-state index contributed by atoms with van der Waals surface area (Å²) in [5, 5.41) is 0. The van der Waals surface area contributed by atoms with E-state index in [9.17, 15) is 4.39 Å². The second-order valence-electron chi connectivity index (χ2n) is 9.89. The van der Waals surface area contributed by atoms with E-state index in [1.807, 2.05) is 18.2 Å². The molecule has 2 aromatic carbocycles. The lowest BCUT2D eigenvalue weighted by atomic mass is 10.1. The average molecular weight is 509 g/mol. The standard InChI is InChI=1S/C33H37FN4/c1-37(2)25-11-6-4-3-5-10-16-31-36-32(28-17-19-30(34)20-18-28)33(29-21-23-35-24-22-29)38(31)26-12-15-27-13-8-7-9-14-27/h7-9,13-14,17-24H,3-6,11-12,15,25-26H2,1-2H3. The van der Waals surface area contributed by atoms with Crippen molar-refractivity contribution in [2.24, 2.45) is 0 Å². The van der Waals surface area contributed by atoms with Crippen molar-refractivity contribution in [3.05, 3.63) is 96.3 Å². The fourth-order valence-electron chi connectivity index (χ4n) is 4.60. The molecule has 0 amide bonds. The molecule has 196 valence electrons. The quantitative estimate of drug-likeness (QED) is 0.149. The zero-order valence-electron chi connectivity index (χ0n) is 22.5. The number of benzene rings is 2. The highest BCUT2D eigenvalue weighted by Gasteiger charge is 2.19. The smallest absolute Gasteiger partial charge is 0.186 e. The largest absolute Gasteiger partial charge is 0.317 e. The fraction of sp³-hybridized carbons (Fsp3) is 0.333. The van der Waals surface area contributed by atoms with Crippen LogP contribution in [0, 0.1) is 17.7 Å². The van der Waals surface area contributed by atoms with Crippen molar-refractivity contribution in [1.82, 2.24) is 19.4 Å². The van der Waals surface area contributed by atoms with Gasteiger partial charge < -0.3 is 9.47 Å². The van der Waals surface area contributed by atoms with E-state index in [4.69, 9.17) is 4.98 Å². The number of aromatic nitrogens is 3. The summed E-state index contributed by atoms with van der Waals surface area (Å²) in [5.74, 6) is 7.28. The Morgan fingerprint density at radius 3 is 2.29 bits per heavy atom. The average Bonchev–Trinajstić information content (AvgIpc) is 3.29. The minimum Gasteiger partial charge on any atom is -0.317 e. The molecule has 5 heteroatoms. The van der Waals surface area contributed by atoms with Crippen LogP contribution < -0.4 is 0 Å². The zero-order valence-corrected chi connectivity index (χ0v) is 22.5. The highest BCUT2D eigenvalue weighted by Crippen LogP contribution is 2.33. The minimum atomic E-state index is -0.257. The van der Waals surface area contributed by atoms with Crippen molar-refractivity contribution in [2.75, 3.05) is 20.6 Å². The summed E-state index contributed by atoms with van der Waals surface area (Å²) < 4.78 is 16.0. The minimum absolute atomic E-state index is 0.257. The molecule has 4 aromatic rings. The van der Waals surface area contributed by atoms with E-state index in [1.54, 1.807) is 24.5 Å². The maximum Gasteiger partial charge on any atom is 0.186 e. The molecular formula is C33H37FN4. The van der Waals surface area contributed by atoms with Crippen LogP contribution in [0.5, 0.6) is 0 Å². The normalized spacial score (nSPS) is 10.9. The lowest BCUT2D eigenvalue weighted by Gasteiger charge is -2.12. The first-order valence-electron chi connectivity index (χ1n) is 13.6. The van der Waals surface area contributed by atoms with Crippen molar-refractivity contribution in [3.8, 4) is 34.4 Å². The highest BCUT2D eigenvalue weighted by molar-refractivity contribution is 5.79. The Labute approximate surface area is 226 Å². The molecule has 0 aliphatic carbocycles. The molecule has 0 aliphatic rings. The van der Waals surface area contributed by atoms with Gasteiger partial charge in [0.25, 0.3) is 0 Å². The number of pyridine rings is 1. The van der Waals surface area contributed by atoms with Crippen LogP contribution in [0.4, 0.5) is 4.39 Å². The van der Waals surface area contributed by atoms with Crippen LogP contribution in [-0.2, 0) is 13.0 Å². The Kier molecular flexibility index (Phi) is 10.2. The van der Waals surface area contributed by atoms with Crippen LogP contribution in [-0.4, -0.2) is 40.1 Å². The summed E-state index contributed by atoms with van der Waals surface area (Å²) in [7, 11) is 4.24. The molecule has 0 atom stereocenters. The molecule has 0 aliphatic heterocycles. The van der Waals surface area contributed by atoms with Crippen molar-refractivity contribution >= 4 is 0 Å². The summed E-state index contributed by atoms with van der Waals surface area (Å²) >= 11 is 0. The van der Waals surface area contributed by atoms with Gasteiger partial charge in [0.15, 0.2) is 5.82 Å². The molecule has 38 heavy (non-hydrogen) atoms. The summed E-state index contributed by atoms with van der Waals surface area (Å²) in [6.07, 6.45) is 11.1. The summed E-state index contributed by atoms with van der Waals surface area (Å²) in [6, 6.07) is 21.1. The molecule has 0 N–H and O–H groups in total. The zero-order chi connectivity index (χ0) is 26.6. The predicted molar refractivity (Wildman–Crippen MR) is 154 cm³/mol. The van der Waals surface area contributed by atoms with Gasteiger partial charge in [-0.2, -0.15) is 0 Å². The van der Waals surface area contributed by atoms with Crippen LogP contribution >= 0.6 is 0 Å². The van der Waals surface area contributed by atoms with Crippen molar-refractivity contribution in [3.63, 3.8) is 0 Å². The molecule has 0 saturated heterocycles. The fourth-order valence-corrected chi connectivity index (χ4v) is 4.60. The Balaban J connectivity index is 1.61. The molecular weight excluding hydrogens is 471 g/mol. The van der Waals surface area contributed by atoms with Crippen LogP contribution in [0.2, 0.25) is 0 Å². The van der Waals surface area contributed by atoms with Gasteiger partial charge in [0.2, 0.25) is 0 Å². The van der Waals surface area contributed by atoms with E-state index >= 15 is 0 Å². The number of hydrogen-bond donors (Lipinski definition) is 0. The van der Waals surface area contributed by atoms with Gasteiger partial charge in [0.1, 0.15) is 5.82 Å². The number of nitrogens with zero attached hydrogens (tertiary/aromatic N) is 4. The third kappa shape index (κ3) is 7.87. The van der Waals surface area contributed by atoms with Gasteiger partial charge in [0.05, 0.1) is 11.4 Å². The second kappa shape index (κ2) is 14.3. The number of imidazole rings is 1. The van der Waals surface area contributed by atoms with E-state index in [0.29, 0.717) is 0 Å². The van der Waals surface area contributed by atoms with Gasteiger partial charge >= 0.3 is 0 Å². The van der Waals surface area contributed by atoms with Crippen molar-refractivity contribution in [1.29, 1.82) is 0 Å². The summed E-state index contributed by atoms with van der Waals surface area (Å²) in [5.41, 5.74) is 5.05. The van der Waals surface area contributed by atoms with Crippen LogP contribution in [0.25, 0.3) is 22.5 Å². The Hall–Kier alpha value is -3.75. The van der Waals surface area contributed by atoms with Gasteiger partial charge in [-0.25, -0.2) is 9.37 Å². The second-order valence-corrected chi connectivity index (χ2v) is 9.89. The van der Waals surface area contributed by atoms with E-state index in [0.717, 1.165) is 67.1 Å². The first-order valence-corrected chi connectivity index (χ1v) is 13.6. The SMILES string of the molecule is CN(C)CCCCCCC#Cc1nc(-c2ccc(F)cc2)c(-c2ccncc2)n1CCCc1ccccc1. The summed E-state index contributed by atoms with van der Waals surface area (Å²) in [4.78, 5) is 11.5. The van der Waals surface area contributed by atoms with Crippen molar-refractivity contribution < 1.29 is 4.39 Å². The van der Waals surface area contributed by atoms with E-state index < -0.39 is 0 Å². The first-order chi connectivity index (χ1) is 18.6. The van der Waals surface area contributed by atoms with Crippen LogP contribution in [0.15, 0.2) is 79.1 Å². The molecule has 0 saturated carbocycles. The molecule has 4 rings (SSSR count). The van der Waals surface area contributed by atoms with Crippen molar-refractivity contribution in [2.45, 2.75) is 51.5 Å². The van der Waals surface area contributed by atoms with Crippen LogP contribution in [0.1, 0.15) is 49.9 Å². The first kappa shape index (κ1) is 27.3. The Morgan fingerprint density at radius 1 is 0.816 bits per heavy atom. The van der Waals surface area contributed by atoms with Gasteiger partial charge in [-0.1, -0.05) is 49.1 Å². The number of hydrogen-bond acceptors (Lipinski definition) is 3. The molecule has 0 spiro atoms. The third-order valence-corrected chi connectivity index (χ3v) is 6.59. The number of aryl methyl sites for hydroxylation is 1. The lowest BCUT2D eigenvalue weighted by Crippen LogP contribution is -2.12. The van der Waals surface area contributed by atoms with E-state index in [-0.39, 0.29) is 5.82 Å².